The van der Waals surface area contributed by atoms with Crippen LogP contribution in [0.2, 0.25) is 5.02 Å². The fourth-order valence-corrected chi connectivity index (χ4v) is 4.45. The molecule has 1 atom stereocenters. The van der Waals surface area contributed by atoms with Crippen LogP contribution in [0.1, 0.15) is 44.3 Å². The molecule has 1 fully saturated rings. The molecule has 0 saturated heterocycles. The number of ether oxygens (including phenoxy) is 1. The van der Waals surface area contributed by atoms with Crippen molar-refractivity contribution in [2.24, 2.45) is 0 Å². The standard InChI is InChI=1S/C24H23ClF3N9O2/c1-14(11-36-13-31-34-35-36)39-21-8-15(2-7-19(21)25)16-9-29-23(30-10-16)32-20-12-37(33-22(20)24(26,27)28)17-3-5-18(38)6-4-17/h2,7-10,12-14,17H,3-6,11H2,1H3,(H,29,30,32)/t14-/m0/s1. The number of aromatic nitrogens is 8. The number of hydrogen-bond acceptors (Lipinski definition) is 9. The van der Waals surface area contributed by atoms with E-state index in [0.717, 1.165) is 0 Å². The molecule has 0 aliphatic heterocycles. The zero-order valence-corrected chi connectivity index (χ0v) is 21.4. The maximum atomic E-state index is 13.7. The van der Waals surface area contributed by atoms with Crippen molar-refractivity contribution in [2.75, 3.05) is 5.32 Å². The molecule has 5 rings (SSSR count). The van der Waals surface area contributed by atoms with Gasteiger partial charge in [0.1, 0.15) is 24.0 Å². The van der Waals surface area contributed by atoms with E-state index in [9.17, 15) is 18.0 Å². The van der Waals surface area contributed by atoms with Crippen LogP contribution in [0.4, 0.5) is 24.8 Å². The van der Waals surface area contributed by atoms with Crippen LogP contribution in [0, 0.1) is 0 Å². The van der Waals surface area contributed by atoms with Gasteiger partial charge in [-0.05, 0) is 47.9 Å². The van der Waals surface area contributed by atoms with E-state index in [1.165, 1.54) is 34.3 Å². The molecule has 3 aromatic heterocycles. The van der Waals surface area contributed by atoms with E-state index in [4.69, 9.17) is 16.3 Å². The second kappa shape index (κ2) is 11.0. The molecule has 1 aromatic carbocycles. The van der Waals surface area contributed by atoms with Gasteiger partial charge in [0.05, 0.1) is 23.3 Å². The van der Waals surface area contributed by atoms with Crippen molar-refractivity contribution in [1.82, 2.24) is 40.0 Å². The number of nitrogens with one attached hydrogen (secondary N) is 1. The summed E-state index contributed by atoms with van der Waals surface area (Å²) in [5.74, 6) is 0.520. The molecular formula is C24H23ClF3N9O2. The number of halogens is 4. The summed E-state index contributed by atoms with van der Waals surface area (Å²) in [5, 5.41) is 17.8. The van der Waals surface area contributed by atoms with Gasteiger partial charge in [-0.2, -0.15) is 18.3 Å². The topological polar surface area (TPSA) is 126 Å². The van der Waals surface area contributed by atoms with E-state index < -0.39 is 11.9 Å². The molecule has 0 spiro atoms. The van der Waals surface area contributed by atoms with Crippen LogP contribution < -0.4 is 10.1 Å². The average molecular weight is 562 g/mol. The van der Waals surface area contributed by atoms with Crippen LogP contribution >= 0.6 is 11.6 Å². The Morgan fingerprint density at radius 3 is 2.59 bits per heavy atom. The van der Waals surface area contributed by atoms with Gasteiger partial charge in [0.15, 0.2) is 5.69 Å². The fourth-order valence-electron chi connectivity index (χ4n) is 4.29. The number of tetrazole rings is 1. The molecule has 1 aliphatic rings. The Morgan fingerprint density at radius 1 is 1.18 bits per heavy atom. The lowest BCUT2D eigenvalue weighted by molar-refractivity contribution is -0.141. The minimum absolute atomic E-state index is 0.0249. The van der Waals surface area contributed by atoms with Crippen LogP contribution in [0.15, 0.2) is 43.1 Å². The molecule has 1 aliphatic carbocycles. The van der Waals surface area contributed by atoms with Gasteiger partial charge in [-0.25, -0.2) is 14.6 Å². The maximum Gasteiger partial charge on any atom is 0.437 e. The average Bonchev–Trinajstić information content (AvgIpc) is 3.56. The molecule has 15 heteroatoms. The van der Waals surface area contributed by atoms with Crippen molar-refractivity contribution in [1.29, 1.82) is 0 Å². The molecule has 4 aromatic rings. The SMILES string of the molecule is C[C@@H](Cn1cnnn1)Oc1cc(-c2cnc(Nc3cn(C4CCC(=O)CC4)nc3C(F)(F)F)nc2)ccc1Cl. The summed E-state index contributed by atoms with van der Waals surface area (Å²) >= 11 is 6.31. The van der Waals surface area contributed by atoms with E-state index in [0.29, 0.717) is 54.1 Å². The Labute approximate surface area is 225 Å². The van der Waals surface area contributed by atoms with Gasteiger partial charge < -0.3 is 10.1 Å². The molecule has 0 radical (unpaired) electrons. The van der Waals surface area contributed by atoms with Gasteiger partial charge in [0.2, 0.25) is 5.95 Å². The predicted molar refractivity (Wildman–Crippen MR) is 133 cm³/mol. The van der Waals surface area contributed by atoms with E-state index in [-0.39, 0.29) is 29.6 Å². The molecule has 3 heterocycles. The molecule has 0 unspecified atom stereocenters. The Bertz CT molecular complexity index is 1430. The second-order valence-corrected chi connectivity index (χ2v) is 9.57. The predicted octanol–water partition coefficient (Wildman–Crippen LogP) is 4.89. The number of nitrogens with zero attached hydrogens (tertiary/aromatic N) is 8. The van der Waals surface area contributed by atoms with Gasteiger partial charge >= 0.3 is 6.18 Å². The highest BCUT2D eigenvalue weighted by Crippen LogP contribution is 2.37. The summed E-state index contributed by atoms with van der Waals surface area (Å²) < 4.78 is 49.9. The summed E-state index contributed by atoms with van der Waals surface area (Å²) in [6, 6.07) is 4.88. The Morgan fingerprint density at radius 2 is 1.92 bits per heavy atom. The molecule has 0 bridgehead atoms. The van der Waals surface area contributed by atoms with E-state index in [2.05, 4.69) is 35.9 Å². The number of benzene rings is 1. The molecule has 11 nitrogen and oxygen atoms in total. The number of carbonyl (C=O) groups excluding carboxylic acids is 1. The lowest BCUT2D eigenvalue weighted by Crippen LogP contribution is -2.20. The lowest BCUT2D eigenvalue weighted by atomic mass is 9.95. The van der Waals surface area contributed by atoms with Crippen LogP contribution in [0.5, 0.6) is 5.75 Å². The maximum absolute atomic E-state index is 13.7. The van der Waals surface area contributed by atoms with E-state index in [1.807, 2.05) is 6.92 Å². The number of hydrogen-bond donors (Lipinski definition) is 1. The minimum Gasteiger partial charge on any atom is -0.487 e. The van der Waals surface area contributed by atoms with Crippen molar-refractivity contribution in [2.45, 2.75) is 57.5 Å². The Kier molecular flexibility index (Phi) is 7.46. The highest BCUT2D eigenvalue weighted by atomic mass is 35.5. The normalized spacial score (nSPS) is 15.4. The Balaban J connectivity index is 1.31. The number of alkyl halides is 3. The molecule has 1 saturated carbocycles. The first kappa shape index (κ1) is 26.5. The molecule has 39 heavy (non-hydrogen) atoms. The van der Waals surface area contributed by atoms with Crippen LogP contribution in [-0.4, -0.2) is 51.8 Å². The quantitative estimate of drug-likeness (QED) is 0.320. The first-order chi connectivity index (χ1) is 18.7. The third-order valence-corrected chi connectivity index (χ3v) is 6.53. The monoisotopic (exact) mass is 561 g/mol. The van der Waals surface area contributed by atoms with Gasteiger partial charge in [-0.1, -0.05) is 17.7 Å². The van der Waals surface area contributed by atoms with E-state index >= 15 is 0 Å². The fraction of sp³-hybridized carbons (Fsp3) is 0.375. The molecule has 204 valence electrons. The van der Waals surface area contributed by atoms with Gasteiger partial charge in [0, 0.05) is 37.0 Å². The Hall–Kier alpha value is -4.07. The lowest BCUT2D eigenvalue weighted by Gasteiger charge is -2.21. The smallest absolute Gasteiger partial charge is 0.437 e. The molecule has 1 N–H and O–H groups in total. The number of anilines is 2. The van der Waals surface area contributed by atoms with Crippen molar-refractivity contribution >= 4 is 29.0 Å². The summed E-state index contributed by atoms with van der Waals surface area (Å²) in [5.41, 5.74) is -0.0201. The van der Waals surface area contributed by atoms with Gasteiger partial charge in [-0.15, -0.1) is 5.10 Å². The summed E-state index contributed by atoms with van der Waals surface area (Å²) in [6.45, 7) is 2.26. The largest absolute Gasteiger partial charge is 0.487 e. The third kappa shape index (κ3) is 6.33. The van der Waals surface area contributed by atoms with Gasteiger partial charge in [-0.3, -0.25) is 9.48 Å². The summed E-state index contributed by atoms with van der Waals surface area (Å²) in [6.07, 6.45) is 2.32. The first-order valence-corrected chi connectivity index (χ1v) is 12.5. The highest BCUT2D eigenvalue weighted by molar-refractivity contribution is 6.32. The van der Waals surface area contributed by atoms with Crippen LogP contribution in [-0.2, 0) is 17.5 Å². The summed E-state index contributed by atoms with van der Waals surface area (Å²) in [4.78, 5) is 19.9. The summed E-state index contributed by atoms with van der Waals surface area (Å²) in [7, 11) is 0. The molecule has 0 amide bonds. The number of rotatable bonds is 8. The van der Waals surface area contributed by atoms with Crippen LogP contribution in [0.25, 0.3) is 11.1 Å². The first-order valence-electron chi connectivity index (χ1n) is 12.1. The van der Waals surface area contributed by atoms with Crippen molar-refractivity contribution in [3.8, 4) is 16.9 Å². The number of Topliss-reactive ketones (excluding diaryl/α,β-unsaturated/α-hetero) is 1. The zero-order chi connectivity index (χ0) is 27.6. The number of carbonyl (C=O) groups is 1. The van der Waals surface area contributed by atoms with Crippen molar-refractivity contribution in [3.63, 3.8) is 0 Å². The number of ketones is 1. The third-order valence-electron chi connectivity index (χ3n) is 6.21. The second-order valence-electron chi connectivity index (χ2n) is 9.16. The van der Waals surface area contributed by atoms with E-state index in [1.54, 1.807) is 18.2 Å². The van der Waals surface area contributed by atoms with Crippen molar-refractivity contribution in [3.05, 3.63) is 53.8 Å². The van der Waals surface area contributed by atoms with Crippen LogP contribution in [0.3, 0.4) is 0 Å². The van der Waals surface area contributed by atoms with Crippen molar-refractivity contribution < 1.29 is 22.7 Å². The molecular weight excluding hydrogens is 539 g/mol. The highest BCUT2D eigenvalue weighted by Gasteiger charge is 2.38. The van der Waals surface area contributed by atoms with Gasteiger partial charge in [0.25, 0.3) is 0 Å². The zero-order valence-electron chi connectivity index (χ0n) is 20.6. The minimum atomic E-state index is -4.68.